The Bertz CT molecular complexity index is 918. The Labute approximate surface area is 190 Å². The maximum absolute atomic E-state index is 13.2. The lowest BCUT2D eigenvalue weighted by Gasteiger charge is -2.44. The smallest absolute Gasteiger partial charge is 0.327 e. The van der Waals surface area contributed by atoms with Crippen molar-refractivity contribution in [3.8, 4) is 0 Å². The van der Waals surface area contributed by atoms with E-state index in [1.165, 1.54) is 16.7 Å². The maximum Gasteiger partial charge on any atom is 0.327 e. The van der Waals surface area contributed by atoms with Gasteiger partial charge in [0, 0.05) is 4.75 Å². The average molecular weight is 461 g/mol. The van der Waals surface area contributed by atoms with Crippen molar-refractivity contribution in [1.82, 2.24) is 20.9 Å². The quantitative estimate of drug-likeness (QED) is 0.458. The average Bonchev–Trinajstić information content (AvgIpc) is 3.04. The van der Waals surface area contributed by atoms with E-state index in [0.717, 1.165) is 19.4 Å². The van der Waals surface area contributed by atoms with Crippen molar-refractivity contribution in [2.45, 2.75) is 67.4 Å². The molecule has 3 saturated heterocycles. The van der Waals surface area contributed by atoms with Crippen LogP contribution in [-0.2, 0) is 19.2 Å². The van der Waals surface area contributed by atoms with Crippen molar-refractivity contribution >= 4 is 35.5 Å². The summed E-state index contributed by atoms with van der Waals surface area (Å²) < 4.78 is -0.675. The molecule has 3 heterocycles. The van der Waals surface area contributed by atoms with Gasteiger partial charge in [0.2, 0.25) is 17.7 Å². The number of amides is 3. The van der Waals surface area contributed by atoms with Crippen LogP contribution in [0.15, 0.2) is 30.3 Å². The molecule has 3 fully saturated rings. The molecule has 0 aromatic heterocycles. The number of thioether (sulfide) groups is 1. The van der Waals surface area contributed by atoms with Gasteiger partial charge in [0.1, 0.15) is 23.5 Å². The number of benzene rings is 1. The summed E-state index contributed by atoms with van der Waals surface area (Å²) >= 11 is 1.36. The van der Waals surface area contributed by atoms with E-state index in [1.807, 2.05) is 6.07 Å². The molecule has 32 heavy (non-hydrogen) atoms. The van der Waals surface area contributed by atoms with E-state index in [0.29, 0.717) is 12.0 Å². The Hall–Kier alpha value is -2.59. The van der Waals surface area contributed by atoms with Gasteiger partial charge in [0.15, 0.2) is 0 Å². The third-order valence-electron chi connectivity index (χ3n) is 6.28. The van der Waals surface area contributed by atoms with Gasteiger partial charge in [-0.1, -0.05) is 36.8 Å². The standard InChI is InChI=1S/C22H28N4O5S/c1-22(2)16(21(30)31)26-19(29)15(20(26)32-22)25-18(28)14(12-8-4-3-5-9-12)24-17(27)13-10-6-7-11-23-13/h3-5,8-9,13-16,20,23H,6-7,10-11H2,1-2H3,(H,24,27)(H,25,28)(H,30,31)/t13?,14?,15-,16+,20-/m1/s1. The number of nitrogens with zero attached hydrogens (tertiary/aromatic N) is 1. The van der Waals surface area contributed by atoms with E-state index < -0.39 is 46.0 Å². The van der Waals surface area contributed by atoms with Gasteiger partial charge in [0.25, 0.3) is 0 Å². The lowest BCUT2D eigenvalue weighted by atomic mass is 9.95. The number of aliphatic carboxylic acids is 1. The zero-order valence-electron chi connectivity index (χ0n) is 18.0. The molecular formula is C22H28N4O5S. The molecule has 0 aliphatic carbocycles. The maximum atomic E-state index is 13.2. The van der Waals surface area contributed by atoms with E-state index in [9.17, 15) is 24.3 Å². The van der Waals surface area contributed by atoms with Crippen LogP contribution in [0.2, 0.25) is 0 Å². The molecule has 0 bridgehead atoms. The highest BCUT2D eigenvalue weighted by Crippen LogP contribution is 2.50. The first-order chi connectivity index (χ1) is 15.2. The van der Waals surface area contributed by atoms with Gasteiger partial charge in [-0.2, -0.15) is 0 Å². The fourth-order valence-electron chi connectivity index (χ4n) is 4.65. The molecule has 0 saturated carbocycles. The molecule has 172 valence electrons. The highest BCUT2D eigenvalue weighted by atomic mass is 32.2. The van der Waals surface area contributed by atoms with Gasteiger partial charge in [-0.15, -0.1) is 11.8 Å². The molecule has 1 aromatic rings. The van der Waals surface area contributed by atoms with Crippen LogP contribution < -0.4 is 16.0 Å². The molecule has 3 aliphatic heterocycles. The van der Waals surface area contributed by atoms with Crippen LogP contribution in [0.3, 0.4) is 0 Å². The first-order valence-electron chi connectivity index (χ1n) is 10.8. The van der Waals surface area contributed by atoms with Gasteiger partial charge in [-0.05, 0) is 38.8 Å². The molecule has 2 unspecified atom stereocenters. The van der Waals surface area contributed by atoms with Crippen molar-refractivity contribution in [2.24, 2.45) is 0 Å². The summed E-state index contributed by atoms with van der Waals surface area (Å²) in [6.45, 7) is 4.32. The normalized spacial score (nSPS) is 29.4. The summed E-state index contributed by atoms with van der Waals surface area (Å²) in [5.74, 6) is -2.22. The molecule has 0 radical (unpaired) electrons. The highest BCUT2D eigenvalue weighted by Gasteiger charge is 2.64. The Morgan fingerprint density at radius 1 is 1.22 bits per heavy atom. The third kappa shape index (κ3) is 4.09. The molecule has 10 heteroatoms. The Morgan fingerprint density at radius 3 is 2.56 bits per heavy atom. The molecular weight excluding hydrogens is 432 g/mol. The molecule has 4 N–H and O–H groups in total. The lowest BCUT2D eigenvalue weighted by molar-refractivity contribution is -0.161. The van der Waals surface area contributed by atoms with Crippen LogP contribution in [0.5, 0.6) is 0 Å². The van der Waals surface area contributed by atoms with Gasteiger partial charge in [0.05, 0.1) is 6.04 Å². The monoisotopic (exact) mass is 460 g/mol. The van der Waals surface area contributed by atoms with E-state index in [1.54, 1.807) is 38.1 Å². The van der Waals surface area contributed by atoms with Crippen molar-refractivity contribution < 1.29 is 24.3 Å². The van der Waals surface area contributed by atoms with Crippen LogP contribution in [0.4, 0.5) is 0 Å². The molecule has 4 rings (SSSR count). The van der Waals surface area contributed by atoms with Crippen molar-refractivity contribution in [2.75, 3.05) is 6.54 Å². The van der Waals surface area contributed by atoms with E-state index in [4.69, 9.17) is 0 Å². The number of hydrogen-bond donors (Lipinski definition) is 4. The molecule has 1 aromatic carbocycles. The number of hydrogen-bond acceptors (Lipinski definition) is 6. The minimum Gasteiger partial charge on any atom is -0.480 e. The number of nitrogens with one attached hydrogen (secondary N) is 3. The number of piperidine rings is 1. The van der Waals surface area contributed by atoms with Crippen molar-refractivity contribution in [3.05, 3.63) is 35.9 Å². The number of carbonyl (C=O) groups excluding carboxylic acids is 3. The minimum atomic E-state index is -1.06. The summed E-state index contributed by atoms with van der Waals surface area (Å²) in [4.78, 5) is 51.8. The number of carbonyl (C=O) groups is 4. The first kappa shape index (κ1) is 22.6. The van der Waals surface area contributed by atoms with Crippen LogP contribution in [0, 0.1) is 0 Å². The van der Waals surface area contributed by atoms with Gasteiger partial charge in [-0.3, -0.25) is 14.4 Å². The largest absolute Gasteiger partial charge is 0.480 e. The predicted molar refractivity (Wildman–Crippen MR) is 119 cm³/mol. The van der Waals surface area contributed by atoms with Gasteiger partial charge >= 0.3 is 5.97 Å². The van der Waals surface area contributed by atoms with Crippen LogP contribution >= 0.6 is 11.8 Å². The summed E-state index contributed by atoms with van der Waals surface area (Å²) in [6, 6.07) is 5.80. The fraction of sp³-hybridized carbons (Fsp3) is 0.545. The molecule has 0 spiro atoms. The zero-order chi connectivity index (χ0) is 23.0. The SMILES string of the molecule is CC1(C)S[C@@H]2[C@H](NC(=O)C(NC(=O)C3CCCCN3)c3ccccc3)C(=O)N2[C@H]1C(=O)O. The number of fused-ring (bicyclic) bond motifs is 1. The predicted octanol–water partition coefficient (Wildman–Crippen LogP) is 0.618. The molecule has 3 aliphatic rings. The number of rotatable bonds is 6. The van der Waals surface area contributed by atoms with E-state index in [-0.39, 0.29) is 11.9 Å². The molecule has 5 atom stereocenters. The van der Waals surface area contributed by atoms with Crippen molar-refractivity contribution in [1.29, 1.82) is 0 Å². The first-order valence-corrected chi connectivity index (χ1v) is 11.7. The second-order valence-corrected chi connectivity index (χ2v) is 10.7. The molecule has 9 nitrogen and oxygen atoms in total. The summed E-state index contributed by atoms with van der Waals surface area (Å²) in [5.41, 5.74) is 0.612. The molecule has 3 amide bonds. The van der Waals surface area contributed by atoms with Crippen molar-refractivity contribution in [3.63, 3.8) is 0 Å². The highest BCUT2D eigenvalue weighted by molar-refractivity contribution is 8.01. The third-order valence-corrected chi connectivity index (χ3v) is 7.85. The van der Waals surface area contributed by atoms with E-state index >= 15 is 0 Å². The second kappa shape index (κ2) is 8.74. The zero-order valence-corrected chi connectivity index (χ0v) is 18.9. The lowest BCUT2D eigenvalue weighted by Crippen LogP contribution is -2.71. The number of carboxylic acid groups (broad SMARTS) is 1. The summed E-state index contributed by atoms with van der Waals surface area (Å²) in [6.07, 6.45) is 2.66. The fourth-order valence-corrected chi connectivity index (χ4v) is 6.27. The number of β-lactam (4-membered cyclic amide) rings is 1. The van der Waals surface area contributed by atoms with Crippen LogP contribution in [0.25, 0.3) is 0 Å². The van der Waals surface area contributed by atoms with Gasteiger partial charge in [-0.25, -0.2) is 4.79 Å². The Morgan fingerprint density at radius 2 is 1.94 bits per heavy atom. The Balaban J connectivity index is 1.49. The minimum absolute atomic E-state index is 0.252. The second-order valence-electron chi connectivity index (χ2n) is 8.94. The van der Waals surface area contributed by atoms with Gasteiger partial charge < -0.3 is 26.0 Å². The Kier molecular flexibility index (Phi) is 6.17. The van der Waals surface area contributed by atoms with Crippen LogP contribution in [-0.4, -0.2) is 68.5 Å². The van der Waals surface area contributed by atoms with Crippen LogP contribution in [0.1, 0.15) is 44.7 Å². The topological polar surface area (TPSA) is 128 Å². The van der Waals surface area contributed by atoms with E-state index in [2.05, 4.69) is 16.0 Å². The summed E-state index contributed by atoms with van der Waals surface area (Å²) in [5, 5.41) is 17.9. The summed E-state index contributed by atoms with van der Waals surface area (Å²) in [7, 11) is 0. The number of carboxylic acids is 1.